The van der Waals surface area contributed by atoms with Crippen LogP contribution in [0.1, 0.15) is 29.5 Å². The fourth-order valence-corrected chi connectivity index (χ4v) is 2.81. The summed E-state index contributed by atoms with van der Waals surface area (Å²) in [6.45, 7) is 2.41. The first-order valence-corrected chi connectivity index (χ1v) is 8.72. The van der Waals surface area contributed by atoms with Crippen molar-refractivity contribution in [2.75, 3.05) is 18.9 Å². The summed E-state index contributed by atoms with van der Waals surface area (Å²) in [6.07, 6.45) is -5.65. The highest BCUT2D eigenvalue weighted by atomic mass is 31.2. The molecule has 2 rings (SSSR count). The fraction of sp³-hybridized carbons (Fsp3) is 0.667. The summed E-state index contributed by atoms with van der Waals surface area (Å²) in [5.74, 6) is -0.739. The summed E-state index contributed by atoms with van der Waals surface area (Å²) in [7, 11) is -5.27. The van der Waals surface area contributed by atoms with Crippen LogP contribution in [0.4, 0.5) is 5.82 Å². The summed E-state index contributed by atoms with van der Waals surface area (Å²) in [5, 5.41) is 20.1. The first kappa shape index (κ1) is 19.8. The maximum Gasteiger partial charge on any atom is 0.360 e. The molecular formula is C12H18N3O9P-2. The van der Waals surface area contributed by atoms with Crippen LogP contribution in [-0.4, -0.2) is 57.3 Å². The van der Waals surface area contributed by atoms with E-state index in [9.17, 15) is 29.4 Å². The third-order valence-corrected chi connectivity index (χ3v) is 4.05. The topological polar surface area (TPSA) is 192 Å². The molecule has 2 heterocycles. The van der Waals surface area contributed by atoms with Crippen molar-refractivity contribution in [3.8, 4) is 0 Å². The zero-order valence-electron chi connectivity index (χ0n) is 13.4. The van der Waals surface area contributed by atoms with Gasteiger partial charge in [0.1, 0.15) is 30.0 Å². The quantitative estimate of drug-likeness (QED) is 0.347. The minimum atomic E-state index is -5.27. The van der Waals surface area contributed by atoms with E-state index >= 15 is 0 Å². The number of carbonyl (C=O) groups excluding carboxylic acids is 1. The van der Waals surface area contributed by atoms with Crippen LogP contribution in [0.3, 0.4) is 0 Å². The number of hydrogen-bond acceptors (Lipinski definition) is 11. The van der Waals surface area contributed by atoms with Crippen LogP contribution >= 0.6 is 7.82 Å². The Bertz CT molecular complexity index is 688. The Morgan fingerprint density at radius 3 is 2.64 bits per heavy atom. The number of aromatic nitrogens is 2. The molecule has 1 fully saturated rings. The first-order chi connectivity index (χ1) is 11.6. The number of rotatable bonds is 6. The van der Waals surface area contributed by atoms with E-state index in [2.05, 4.69) is 9.51 Å². The van der Waals surface area contributed by atoms with Crippen LogP contribution in [0.25, 0.3) is 0 Å². The molecule has 0 spiro atoms. The van der Waals surface area contributed by atoms with Gasteiger partial charge in [-0.3, -0.25) is 4.57 Å². The van der Waals surface area contributed by atoms with E-state index in [4.69, 9.17) is 15.2 Å². The van der Waals surface area contributed by atoms with Gasteiger partial charge < -0.3 is 44.3 Å². The predicted octanol–water partition coefficient (Wildman–Crippen LogP) is -2.59. The number of phosphoric acid groups is 1. The van der Waals surface area contributed by atoms with Crippen molar-refractivity contribution in [2.24, 2.45) is 0 Å². The number of nitrogens with two attached hydrogens (primary N) is 1. The van der Waals surface area contributed by atoms with Gasteiger partial charge in [-0.25, -0.2) is 9.78 Å². The number of phosphoric ester groups is 1. The van der Waals surface area contributed by atoms with Gasteiger partial charge >= 0.3 is 5.97 Å². The molecule has 1 aromatic heterocycles. The standard InChI is InChI=1S/C12H20N3O9P/c1-3-22-12(18)7-10(13)15(5(2)14-7)11-9(17)8(16)6(24-11)4-23-25(19,20)21/h6,8-9,11,16-17H,3-4,13H2,1-2H3,(H2,19,20,21)/p-2. The van der Waals surface area contributed by atoms with Crippen LogP contribution in [0.2, 0.25) is 0 Å². The van der Waals surface area contributed by atoms with Crippen molar-refractivity contribution in [1.29, 1.82) is 0 Å². The summed E-state index contributed by atoms with van der Waals surface area (Å²) in [6, 6.07) is 0. The molecule has 4 unspecified atom stereocenters. The maximum absolute atomic E-state index is 11.8. The highest BCUT2D eigenvalue weighted by Crippen LogP contribution is 2.35. The van der Waals surface area contributed by atoms with Gasteiger partial charge in [0.2, 0.25) is 0 Å². The summed E-state index contributed by atoms with van der Waals surface area (Å²) >= 11 is 0. The molecule has 0 aliphatic carbocycles. The normalized spacial score (nSPS) is 26.8. The van der Waals surface area contributed by atoms with Gasteiger partial charge in [-0.2, -0.15) is 0 Å². The largest absolute Gasteiger partial charge is 0.790 e. The molecule has 0 aromatic carbocycles. The smallest absolute Gasteiger partial charge is 0.360 e. The number of carbonyl (C=O) groups is 1. The van der Waals surface area contributed by atoms with Crippen molar-refractivity contribution in [1.82, 2.24) is 9.55 Å². The molecule has 1 aromatic rings. The minimum absolute atomic E-state index is 0.106. The Morgan fingerprint density at radius 2 is 2.08 bits per heavy atom. The van der Waals surface area contributed by atoms with E-state index < -0.39 is 44.9 Å². The molecule has 0 radical (unpaired) electrons. The zero-order chi connectivity index (χ0) is 18.9. The lowest BCUT2D eigenvalue weighted by atomic mass is 10.1. The number of nitrogens with zero attached hydrogens (tertiary/aromatic N) is 2. The Labute approximate surface area is 142 Å². The van der Waals surface area contributed by atoms with Crippen molar-refractivity contribution >= 4 is 19.6 Å². The number of aryl methyl sites for hydroxylation is 1. The van der Waals surface area contributed by atoms with Gasteiger partial charge in [0.25, 0.3) is 0 Å². The SMILES string of the molecule is CCOC(=O)c1nc(C)n(C2OC(COP(=O)([O-])[O-])C(O)C2O)c1N. The number of ether oxygens (including phenoxy) is 2. The molecule has 0 amide bonds. The number of esters is 1. The van der Waals surface area contributed by atoms with Gasteiger partial charge in [0.15, 0.2) is 11.9 Å². The van der Waals surface area contributed by atoms with Gasteiger partial charge in [-0.05, 0) is 13.8 Å². The molecule has 13 heteroatoms. The maximum atomic E-state index is 11.8. The Balaban J connectivity index is 2.24. The second-order valence-electron chi connectivity index (χ2n) is 5.27. The number of anilines is 1. The number of aliphatic hydroxyl groups excluding tert-OH is 2. The van der Waals surface area contributed by atoms with Gasteiger partial charge in [0.05, 0.1) is 21.0 Å². The van der Waals surface area contributed by atoms with Crippen LogP contribution in [-0.2, 0) is 18.6 Å². The molecule has 0 saturated carbocycles. The summed E-state index contributed by atoms with van der Waals surface area (Å²) in [5.41, 5.74) is 5.68. The lowest BCUT2D eigenvalue weighted by Crippen LogP contribution is -2.34. The Morgan fingerprint density at radius 1 is 1.44 bits per heavy atom. The monoisotopic (exact) mass is 379 g/mol. The molecule has 25 heavy (non-hydrogen) atoms. The van der Waals surface area contributed by atoms with E-state index in [1.54, 1.807) is 6.92 Å². The molecule has 142 valence electrons. The Kier molecular flexibility index (Phi) is 5.84. The van der Waals surface area contributed by atoms with Gasteiger partial charge in [-0.15, -0.1) is 0 Å². The molecule has 0 bridgehead atoms. The third-order valence-electron chi connectivity index (χ3n) is 3.58. The van der Waals surface area contributed by atoms with Gasteiger partial charge in [-0.1, -0.05) is 0 Å². The van der Waals surface area contributed by atoms with Crippen LogP contribution in [0.5, 0.6) is 0 Å². The molecule has 12 nitrogen and oxygen atoms in total. The lowest BCUT2D eigenvalue weighted by Gasteiger charge is -2.30. The number of imidazole rings is 1. The van der Waals surface area contributed by atoms with Crippen molar-refractivity contribution < 1.29 is 43.4 Å². The van der Waals surface area contributed by atoms with E-state index in [0.29, 0.717) is 0 Å². The van der Waals surface area contributed by atoms with Crippen molar-refractivity contribution in [3.63, 3.8) is 0 Å². The van der Waals surface area contributed by atoms with E-state index in [0.717, 1.165) is 4.57 Å². The Hall–Kier alpha value is -1.53. The van der Waals surface area contributed by atoms with Crippen molar-refractivity contribution in [3.05, 3.63) is 11.5 Å². The minimum Gasteiger partial charge on any atom is -0.790 e. The van der Waals surface area contributed by atoms with E-state index in [1.807, 2.05) is 0 Å². The van der Waals surface area contributed by atoms with E-state index in [-0.39, 0.29) is 23.9 Å². The lowest BCUT2D eigenvalue weighted by molar-refractivity contribution is -0.343. The highest BCUT2D eigenvalue weighted by Gasteiger charge is 2.45. The van der Waals surface area contributed by atoms with Gasteiger partial charge in [0, 0.05) is 0 Å². The summed E-state index contributed by atoms with van der Waals surface area (Å²) in [4.78, 5) is 36.9. The second-order valence-corrected chi connectivity index (χ2v) is 6.43. The average molecular weight is 379 g/mol. The van der Waals surface area contributed by atoms with Crippen LogP contribution < -0.4 is 15.5 Å². The number of nitrogen functional groups attached to an aromatic ring is 1. The number of aliphatic hydroxyl groups is 2. The second kappa shape index (κ2) is 7.38. The molecule has 4 N–H and O–H groups in total. The molecule has 1 aliphatic heterocycles. The molecule has 1 saturated heterocycles. The average Bonchev–Trinajstić information content (AvgIpc) is 2.95. The summed E-state index contributed by atoms with van der Waals surface area (Å²) < 4.78 is 25.9. The molecular weight excluding hydrogens is 361 g/mol. The first-order valence-electron chi connectivity index (χ1n) is 7.26. The highest BCUT2D eigenvalue weighted by molar-refractivity contribution is 7.43. The van der Waals surface area contributed by atoms with E-state index in [1.165, 1.54) is 6.92 Å². The van der Waals surface area contributed by atoms with Crippen molar-refractivity contribution in [2.45, 2.75) is 38.4 Å². The number of hydrogen-bond donors (Lipinski definition) is 3. The van der Waals surface area contributed by atoms with Crippen LogP contribution in [0.15, 0.2) is 0 Å². The fourth-order valence-electron chi connectivity index (χ4n) is 2.48. The van der Waals surface area contributed by atoms with Crippen LogP contribution in [0, 0.1) is 6.92 Å². The molecule has 4 atom stereocenters. The third kappa shape index (κ3) is 4.18. The zero-order valence-corrected chi connectivity index (χ0v) is 14.3. The molecule has 1 aliphatic rings. The predicted molar refractivity (Wildman–Crippen MR) is 76.8 cm³/mol.